The first-order valence-electron chi connectivity index (χ1n) is 6.19. The number of hydrogen-bond donors (Lipinski definition) is 1. The first-order valence-corrected chi connectivity index (χ1v) is 7.35. The quantitative estimate of drug-likeness (QED) is 0.848. The van der Waals surface area contributed by atoms with E-state index in [1.54, 1.807) is 0 Å². The molecular weight excluding hydrogens is 216 g/mol. The van der Waals surface area contributed by atoms with Crippen LogP contribution in [0.4, 0.5) is 0 Å². The SMILES string of the molecule is CC(CCc1cccn1C)NC1CCSC1. The van der Waals surface area contributed by atoms with Gasteiger partial charge in [-0.25, -0.2) is 0 Å². The summed E-state index contributed by atoms with van der Waals surface area (Å²) < 4.78 is 2.22. The maximum Gasteiger partial charge on any atom is 0.0172 e. The van der Waals surface area contributed by atoms with Gasteiger partial charge in [0.15, 0.2) is 0 Å². The minimum atomic E-state index is 0.638. The lowest BCUT2D eigenvalue weighted by Crippen LogP contribution is -2.36. The number of nitrogens with zero attached hydrogens (tertiary/aromatic N) is 1. The fraction of sp³-hybridized carbons (Fsp3) is 0.692. The van der Waals surface area contributed by atoms with Crippen LogP contribution >= 0.6 is 11.8 Å². The molecule has 3 heteroatoms. The zero-order chi connectivity index (χ0) is 11.4. The van der Waals surface area contributed by atoms with Gasteiger partial charge in [-0.2, -0.15) is 11.8 Å². The van der Waals surface area contributed by atoms with Gasteiger partial charge in [0.1, 0.15) is 0 Å². The highest BCUT2D eigenvalue weighted by molar-refractivity contribution is 7.99. The highest BCUT2D eigenvalue weighted by Crippen LogP contribution is 2.18. The van der Waals surface area contributed by atoms with Crippen LogP contribution in [-0.2, 0) is 13.5 Å². The van der Waals surface area contributed by atoms with Gasteiger partial charge in [-0.05, 0) is 44.1 Å². The Hall–Kier alpha value is -0.410. The van der Waals surface area contributed by atoms with Crippen molar-refractivity contribution >= 4 is 11.8 Å². The molecule has 1 fully saturated rings. The summed E-state index contributed by atoms with van der Waals surface area (Å²) in [5.41, 5.74) is 1.44. The van der Waals surface area contributed by atoms with Gasteiger partial charge in [-0.1, -0.05) is 0 Å². The smallest absolute Gasteiger partial charge is 0.0172 e. The minimum absolute atomic E-state index is 0.638. The van der Waals surface area contributed by atoms with Gasteiger partial charge in [0.25, 0.3) is 0 Å². The first kappa shape index (κ1) is 12.1. The number of thioether (sulfide) groups is 1. The minimum Gasteiger partial charge on any atom is -0.354 e. The van der Waals surface area contributed by atoms with Crippen molar-refractivity contribution in [3.05, 3.63) is 24.0 Å². The van der Waals surface area contributed by atoms with E-state index in [1.807, 2.05) is 0 Å². The van der Waals surface area contributed by atoms with Crippen LogP contribution in [0.3, 0.4) is 0 Å². The van der Waals surface area contributed by atoms with Crippen LogP contribution in [0.2, 0.25) is 0 Å². The summed E-state index contributed by atoms with van der Waals surface area (Å²) in [6.45, 7) is 2.31. The van der Waals surface area contributed by atoms with Gasteiger partial charge < -0.3 is 9.88 Å². The normalized spacial score (nSPS) is 22.5. The molecule has 2 heterocycles. The average molecular weight is 238 g/mol. The third kappa shape index (κ3) is 3.29. The van der Waals surface area contributed by atoms with Crippen LogP contribution < -0.4 is 5.32 Å². The van der Waals surface area contributed by atoms with E-state index in [0.717, 1.165) is 6.04 Å². The molecule has 0 spiro atoms. The van der Waals surface area contributed by atoms with Gasteiger partial charge in [0, 0.05) is 36.8 Å². The molecule has 0 radical (unpaired) electrons. The Morgan fingerprint density at radius 2 is 2.50 bits per heavy atom. The van der Waals surface area contributed by atoms with Gasteiger partial charge >= 0.3 is 0 Å². The Morgan fingerprint density at radius 1 is 1.62 bits per heavy atom. The van der Waals surface area contributed by atoms with Gasteiger partial charge in [-0.3, -0.25) is 0 Å². The van der Waals surface area contributed by atoms with Gasteiger partial charge in [0.05, 0.1) is 0 Å². The molecule has 2 unspecified atom stereocenters. The molecule has 2 atom stereocenters. The lowest BCUT2D eigenvalue weighted by atomic mass is 10.1. The molecule has 2 nitrogen and oxygen atoms in total. The Morgan fingerprint density at radius 3 is 3.12 bits per heavy atom. The lowest BCUT2D eigenvalue weighted by Gasteiger charge is -2.18. The molecule has 90 valence electrons. The topological polar surface area (TPSA) is 17.0 Å². The van der Waals surface area contributed by atoms with Crippen LogP contribution in [0.1, 0.15) is 25.5 Å². The fourth-order valence-corrected chi connectivity index (χ4v) is 3.44. The molecule has 0 amide bonds. The molecule has 2 rings (SSSR count). The second-order valence-corrected chi connectivity index (χ2v) is 5.93. The van der Waals surface area contributed by atoms with Gasteiger partial charge in [-0.15, -0.1) is 0 Å². The van der Waals surface area contributed by atoms with Crippen LogP contribution in [0.15, 0.2) is 18.3 Å². The predicted molar refractivity (Wildman–Crippen MR) is 72.1 cm³/mol. The number of aromatic nitrogens is 1. The third-order valence-electron chi connectivity index (χ3n) is 3.33. The molecule has 1 aromatic heterocycles. The summed E-state index contributed by atoms with van der Waals surface area (Å²) in [5.74, 6) is 2.64. The van der Waals surface area contributed by atoms with Crippen molar-refractivity contribution in [1.82, 2.24) is 9.88 Å². The van der Waals surface area contributed by atoms with Crippen molar-refractivity contribution in [2.24, 2.45) is 7.05 Å². The monoisotopic (exact) mass is 238 g/mol. The van der Waals surface area contributed by atoms with Crippen molar-refractivity contribution in [1.29, 1.82) is 0 Å². The van der Waals surface area contributed by atoms with E-state index in [4.69, 9.17) is 0 Å². The summed E-state index contributed by atoms with van der Waals surface area (Å²) in [6.07, 6.45) is 5.89. The summed E-state index contributed by atoms with van der Waals surface area (Å²) >= 11 is 2.08. The molecule has 0 saturated carbocycles. The van der Waals surface area contributed by atoms with Crippen LogP contribution in [-0.4, -0.2) is 28.2 Å². The second kappa shape index (κ2) is 5.78. The van der Waals surface area contributed by atoms with Crippen molar-refractivity contribution in [2.75, 3.05) is 11.5 Å². The number of rotatable bonds is 5. The van der Waals surface area contributed by atoms with Crippen LogP contribution in [0.25, 0.3) is 0 Å². The molecule has 1 N–H and O–H groups in total. The highest BCUT2D eigenvalue weighted by atomic mass is 32.2. The Bertz CT molecular complexity index is 315. The third-order valence-corrected chi connectivity index (χ3v) is 4.50. The average Bonchev–Trinajstić information content (AvgIpc) is 2.87. The Balaban J connectivity index is 1.71. The van der Waals surface area contributed by atoms with Crippen molar-refractivity contribution < 1.29 is 0 Å². The Labute approximate surface area is 103 Å². The molecular formula is C13H22N2S. The first-order chi connectivity index (χ1) is 7.75. The van der Waals surface area contributed by atoms with E-state index in [1.165, 1.54) is 36.5 Å². The zero-order valence-corrected chi connectivity index (χ0v) is 11.1. The van der Waals surface area contributed by atoms with Crippen LogP contribution in [0, 0.1) is 0 Å². The molecule has 16 heavy (non-hydrogen) atoms. The fourth-order valence-electron chi connectivity index (χ4n) is 2.27. The Kier molecular flexibility index (Phi) is 4.36. The maximum absolute atomic E-state index is 3.73. The van der Waals surface area contributed by atoms with E-state index < -0.39 is 0 Å². The van der Waals surface area contributed by atoms with E-state index in [0.29, 0.717) is 6.04 Å². The lowest BCUT2D eigenvalue weighted by molar-refractivity contribution is 0.448. The second-order valence-electron chi connectivity index (χ2n) is 4.78. The van der Waals surface area contributed by atoms with E-state index in [2.05, 4.69) is 53.9 Å². The molecule has 0 aromatic carbocycles. The summed E-state index contributed by atoms with van der Waals surface area (Å²) in [7, 11) is 2.13. The van der Waals surface area contributed by atoms with Crippen LogP contribution in [0.5, 0.6) is 0 Å². The summed E-state index contributed by atoms with van der Waals surface area (Å²) in [4.78, 5) is 0. The largest absolute Gasteiger partial charge is 0.354 e. The standard InChI is InChI=1S/C13H22N2S/c1-11(14-12-7-9-16-10-12)5-6-13-4-3-8-15(13)2/h3-4,8,11-12,14H,5-7,9-10H2,1-2H3. The van der Waals surface area contributed by atoms with E-state index in [9.17, 15) is 0 Å². The van der Waals surface area contributed by atoms with Gasteiger partial charge in [0.2, 0.25) is 0 Å². The number of aryl methyl sites for hydroxylation is 2. The number of nitrogens with one attached hydrogen (secondary N) is 1. The molecule has 1 aliphatic heterocycles. The highest BCUT2D eigenvalue weighted by Gasteiger charge is 2.17. The zero-order valence-electron chi connectivity index (χ0n) is 10.3. The molecule has 0 bridgehead atoms. The van der Waals surface area contributed by atoms with E-state index >= 15 is 0 Å². The molecule has 1 saturated heterocycles. The maximum atomic E-state index is 3.73. The number of hydrogen-bond acceptors (Lipinski definition) is 2. The van der Waals surface area contributed by atoms with Crippen molar-refractivity contribution in [3.63, 3.8) is 0 Å². The molecule has 1 aromatic rings. The van der Waals surface area contributed by atoms with Crippen molar-refractivity contribution in [2.45, 2.75) is 38.3 Å². The molecule has 0 aliphatic carbocycles. The van der Waals surface area contributed by atoms with E-state index in [-0.39, 0.29) is 0 Å². The molecule has 1 aliphatic rings. The van der Waals surface area contributed by atoms with Crippen molar-refractivity contribution in [3.8, 4) is 0 Å². The summed E-state index contributed by atoms with van der Waals surface area (Å²) in [6, 6.07) is 5.74. The predicted octanol–water partition coefficient (Wildman–Crippen LogP) is 2.44. The summed E-state index contributed by atoms with van der Waals surface area (Å²) in [5, 5.41) is 3.73.